The molecule has 3 nitrogen and oxygen atoms in total. The summed E-state index contributed by atoms with van der Waals surface area (Å²) in [5, 5.41) is 18.8. The Morgan fingerprint density at radius 3 is 2.93 bits per heavy atom. The van der Waals surface area contributed by atoms with E-state index in [0.29, 0.717) is 0 Å². The fourth-order valence-corrected chi connectivity index (χ4v) is 2.25. The molecule has 0 unspecified atom stereocenters. The second-order valence-electron chi connectivity index (χ2n) is 3.95. The Kier molecular flexibility index (Phi) is 3.29. The van der Waals surface area contributed by atoms with E-state index in [9.17, 15) is 10.2 Å². The molecular weight excluding hydrogens is 258 g/mol. The molecule has 0 saturated carbocycles. The van der Waals surface area contributed by atoms with Crippen molar-refractivity contribution < 1.29 is 10.2 Å². The van der Waals surface area contributed by atoms with Gasteiger partial charge in [0, 0.05) is 24.1 Å². The van der Waals surface area contributed by atoms with Crippen molar-refractivity contribution in [3.63, 3.8) is 0 Å². The van der Waals surface area contributed by atoms with Gasteiger partial charge in [-0.2, -0.15) is 0 Å². The minimum atomic E-state index is -0.193. The van der Waals surface area contributed by atoms with Crippen LogP contribution in [0.3, 0.4) is 0 Å². The molecule has 1 atom stereocenters. The number of hydrogen-bond acceptors (Lipinski definition) is 3. The van der Waals surface area contributed by atoms with Crippen molar-refractivity contribution in [1.82, 2.24) is 4.90 Å². The van der Waals surface area contributed by atoms with E-state index in [1.165, 1.54) is 0 Å². The molecule has 1 heterocycles. The molecule has 82 valence electrons. The SMILES string of the molecule is Oc1ccc(Br)c(CN2CC[C@@H](O)C2)c1. The standard InChI is InChI=1S/C11H14BrNO2/c12-11-2-1-9(14)5-8(11)6-13-4-3-10(15)7-13/h1-2,5,10,14-15H,3-4,6-7H2/t10-/m1/s1. The highest BCUT2D eigenvalue weighted by Crippen LogP contribution is 2.24. The molecule has 4 heteroatoms. The maximum absolute atomic E-state index is 9.40. The highest BCUT2D eigenvalue weighted by atomic mass is 79.9. The monoisotopic (exact) mass is 271 g/mol. The molecule has 2 N–H and O–H groups in total. The molecule has 0 bridgehead atoms. The van der Waals surface area contributed by atoms with Gasteiger partial charge in [-0.1, -0.05) is 15.9 Å². The van der Waals surface area contributed by atoms with E-state index < -0.39 is 0 Å². The summed E-state index contributed by atoms with van der Waals surface area (Å²) in [5.41, 5.74) is 1.06. The zero-order valence-electron chi connectivity index (χ0n) is 8.36. The number of hydrogen-bond donors (Lipinski definition) is 2. The Bertz CT molecular complexity index is 356. The third-order valence-electron chi connectivity index (χ3n) is 2.67. The smallest absolute Gasteiger partial charge is 0.115 e. The van der Waals surface area contributed by atoms with E-state index in [1.54, 1.807) is 12.1 Å². The van der Waals surface area contributed by atoms with E-state index in [1.807, 2.05) is 6.07 Å². The van der Waals surface area contributed by atoms with Crippen molar-refractivity contribution in [2.75, 3.05) is 13.1 Å². The van der Waals surface area contributed by atoms with Crippen LogP contribution in [0.1, 0.15) is 12.0 Å². The first kappa shape index (κ1) is 10.9. The molecule has 1 aliphatic rings. The number of aliphatic hydroxyl groups excluding tert-OH is 1. The highest BCUT2D eigenvalue weighted by Gasteiger charge is 2.20. The molecule has 0 aliphatic carbocycles. The number of likely N-dealkylation sites (tertiary alicyclic amines) is 1. The van der Waals surface area contributed by atoms with Crippen LogP contribution in [0.2, 0.25) is 0 Å². The maximum Gasteiger partial charge on any atom is 0.115 e. The van der Waals surface area contributed by atoms with Crippen LogP contribution >= 0.6 is 15.9 Å². The molecule has 1 saturated heterocycles. The van der Waals surface area contributed by atoms with Gasteiger partial charge in [0.05, 0.1) is 6.10 Å². The molecular formula is C11H14BrNO2. The molecule has 1 aliphatic heterocycles. The van der Waals surface area contributed by atoms with Crippen molar-refractivity contribution in [2.45, 2.75) is 19.1 Å². The summed E-state index contributed by atoms with van der Waals surface area (Å²) in [5.74, 6) is 0.285. The van der Waals surface area contributed by atoms with Crippen LogP contribution < -0.4 is 0 Å². The highest BCUT2D eigenvalue weighted by molar-refractivity contribution is 9.10. The molecule has 0 radical (unpaired) electrons. The van der Waals surface area contributed by atoms with Crippen LogP contribution in [0.4, 0.5) is 0 Å². The number of halogens is 1. The molecule has 1 fully saturated rings. The van der Waals surface area contributed by atoms with Gasteiger partial charge >= 0.3 is 0 Å². The van der Waals surface area contributed by atoms with Gasteiger partial charge < -0.3 is 10.2 Å². The van der Waals surface area contributed by atoms with Crippen LogP contribution in [-0.4, -0.2) is 34.3 Å². The van der Waals surface area contributed by atoms with Gasteiger partial charge in [0.15, 0.2) is 0 Å². The summed E-state index contributed by atoms with van der Waals surface area (Å²) in [4.78, 5) is 2.18. The van der Waals surface area contributed by atoms with Gasteiger partial charge in [-0.15, -0.1) is 0 Å². The van der Waals surface area contributed by atoms with E-state index in [-0.39, 0.29) is 11.9 Å². The molecule has 0 spiro atoms. The minimum absolute atomic E-state index is 0.193. The summed E-state index contributed by atoms with van der Waals surface area (Å²) < 4.78 is 1.00. The Labute approximate surface area is 97.5 Å². The van der Waals surface area contributed by atoms with Crippen LogP contribution in [0.15, 0.2) is 22.7 Å². The van der Waals surface area contributed by atoms with Crippen LogP contribution in [-0.2, 0) is 6.54 Å². The average Bonchev–Trinajstić information content (AvgIpc) is 2.58. The van der Waals surface area contributed by atoms with Crippen LogP contribution in [0.25, 0.3) is 0 Å². The first-order valence-electron chi connectivity index (χ1n) is 5.03. The lowest BCUT2D eigenvalue weighted by molar-refractivity contribution is 0.174. The van der Waals surface area contributed by atoms with Crippen LogP contribution in [0.5, 0.6) is 5.75 Å². The summed E-state index contributed by atoms with van der Waals surface area (Å²) in [6, 6.07) is 5.26. The lowest BCUT2D eigenvalue weighted by Gasteiger charge is -2.16. The Hall–Kier alpha value is -0.580. The number of benzene rings is 1. The number of nitrogens with zero attached hydrogens (tertiary/aromatic N) is 1. The maximum atomic E-state index is 9.40. The predicted octanol–water partition coefficient (Wildman–Crippen LogP) is 1.72. The Balaban J connectivity index is 2.07. The van der Waals surface area contributed by atoms with Crippen molar-refractivity contribution in [2.24, 2.45) is 0 Å². The van der Waals surface area contributed by atoms with Crippen molar-refractivity contribution in [3.05, 3.63) is 28.2 Å². The normalized spacial score (nSPS) is 22.1. The van der Waals surface area contributed by atoms with Gasteiger partial charge in [0.25, 0.3) is 0 Å². The summed E-state index contributed by atoms with van der Waals surface area (Å²) in [6.45, 7) is 2.41. The molecule has 0 aromatic heterocycles. The lowest BCUT2D eigenvalue weighted by atomic mass is 10.2. The number of phenols is 1. The largest absolute Gasteiger partial charge is 0.508 e. The van der Waals surface area contributed by atoms with Gasteiger partial charge in [0.2, 0.25) is 0 Å². The van der Waals surface area contributed by atoms with Crippen molar-refractivity contribution >= 4 is 15.9 Å². The summed E-state index contributed by atoms with van der Waals surface area (Å²) in [7, 11) is 0. The topological polar surface area (TPSA) is 43.7 Å². The summed E-state index contributed by atoms with van der Waals surface area (Å²) >= 11 is 3.45. The Morgan fingerprint density at radius 1 is 1.47 bits per heavy atom. The van der Waals surface area contributed by atoms with Gasteiger partial charge in [-0.3, -0.25) is 4.90 Å². The number of aromatic hydroxyl groups is 1. The van der Waals surface area contributed by atoms with Crippen molar-refractivity contribution in [3.8, 4) is 5.75 Å². The van der Waals surface area contributed by atoms with Crippen LogP contribution in [0, 0.1) is 0 Å². The third kappa shape index (κ3) is 2.71. The zero-order valence-corrected chi connectivity index (χ0v) is 9.94. The molecule has 1 aromatic carbocycles. The number of β-amino-alcohol motifs (C(OH)–C–C–N with tert-alkyl or cyclic N) is 1. The number of rotatable bonds is 2. The molecule has 0 amide bonds. The van der Waals surface area contributed by atoms with E-state index in [4.69, 9.17) is 0 Å². The first-order valence-corrected chi connectivity index (χ1v) is 5.82. The van der Waals surface area contributed by atoms with E-state index in [2.05, 4.69) is 20.8 Å². The van der Waals surface area contributed by atoms with Gasteiger partial charge in [-0.25, -0.2) is 0 Å². The Morgan fingerprint density at radius 2 is 2.27 bits per heavy atom. The molecule has 1 aromatic rings. The second-order valence-corrected chi connectivity index (χ2v) is 4.81. The summed E-state index contributed by atoms with van der Waals surface area (Å²) in [6.07, 6.45) is 0.650. The van der Waals surface area contributed by atoms with E-state index >= 15 is 0 Å². The molecule has 2 rings (SSSR count). The average molecular weight is 272 g/mol. The fourth-order valence-electron chi connectivity index (χ4n) is 1.88. The minimum Gasteiger partial charge on any atom is -0.508 e. The van der Waals surface area contributed by atoms with E-state index in [0.717, 1.165) is 36.1 Å². The third-order valence-corrected chi connectivity index (χ3v) is 3.44. The second kappa shape index (κ2) is 4.51. The lowest BCUT2D eigenvalue weighted by Crippen LogP contribution is -2.21. The van der Waals surface area contributed by atoms with Gasteiger partial charge in [0.1, 0.15) is 5.75 Å². The zero-order chi connectivity index (χ0) is 10.8. The first-order chi connectivity index (χ1) is 7.15. The van der Waals surface area contributed by atoms with Gasteiger partial charge in [-0.05, 0) is 30.2 Å². The molecule has 15 heavy (non-hydrogen) atoms. The predicted molar refractivity (Wildman–Crippen MR) is 61.7 cm³/mol. The quantitative estimate of drug-likeness (QED) is 0.861. The fraction of sp³-hybridized carbons (Fsp3) is 0.455. The number of aliphatic hydroxyl groups is 1. The van der Waals surface area contributed by atoms with Crippen molar-refractivity contribution in [1.29, 1.82) is 0 Å². The number of phenolic OH excluding ortho intramolecular Hbond substituents is 1.